The van der Waals surface area contributed by atoms with Gasteiger partial charge in [-0.25, -0.2) is 4.98 Å². The van der Waals surface area contributed by atoms with Crippen LogP contribution in [0.3, 0.4) is 0 Å². The van der Waals surface area contributed by atoms with E-state index >= 15 is 0 Å². The number of methoxy groups -OCH3 is 1. The van der Waals surface area contributed by atoms with Crippen molar-refractivity contribution in [3.8, 4) is 16.3 Å². The van der Waals surface area contributed by atoms with Crippen LogP contribution in [0.1, 0.15) is 10.4 Å². The summed E-state index contributed by atoms with van der Waals surface area (Å²) in [7, 11) is 1.52. The molecule has 134 valence electrons. The maximum atomic E-state index is 12.7. The molecule has 1 N–H and O–H groups in total. The van der Waals surface area contributed by atoms with Crippen molar-refractivity contribution in [1.29, 1.82) is 0 Å². The zero-order valence-electron chi connectivity index (χ0n) is 14.4. The Morgan fingerprint density at radius 1 is 1.07 bits per heavy atom. The van der Waals surface area contributed by atoms with Crippen molar-refractivity contribution in [3.63, 3.8) is 0 Å². The monoisotopic (exact) mass is 394 g/mol. The second-order valence-corrected chi connectivity index (χ2v) is 7.33. The highest BCUT2D eigenvalue weighted by molar-refractivity contribution is 7.21. The van der Waals surface area contributed by atoms with Gasteiger partial charge in [0.25, 0.3) is 5.91 Å². The fourth-order valence-corrected chi connectivity index (χ4v) is 3.92. The molecular formula is C21H15ClN2O2S. The molecule has 4 aromatic rings. The first kappa shape index (κ1) is 17.5. The minimum Gasteiger partial charge on any atom is -0.496 e. The molecule has 3 aromatic carbocycles. The lowest BCUT2D eigenvalue weighted by molar-refractivity contribution is 0.102. The molecule has 4 nitrogen and oxygen atoms in total. The Hall–Kier alpha value is -2.89. The van der Waals surface area contributed by atoms with E-state index < -0.39 is 0 Å². The maximum Gasteiger partial charge on any atom is 0.259 e. The molecule has 0 aliphatic heterocycles. The molecule has 6 heteroatoms. The maximum absolute atomic E-state index is 12.7. The van der Waals surface area contributed by atoms with E-state index in [0.29, 0.717) is 22.0 Å². The molecule has 0 aliphatic carbocycles. The van der Waals surface area contributed by atoms with E-state index in [2.05, 4.69) is 10.3 Å². The van der Waals surface area contributed by atoms with Crippen LogP contribution in [0.4, 0.5) is 5.69 Å². The van der Waals surface area contributed by atoms with Gasteiger partial charge in [-0.1, -0.05) is 35.9 Å². The topological polar surface area (TPSA) is 51.2 Å². The first-order valence-corrected chi connectivity index (χ1v) is 9.44. The molecule has 0 atom stereocenters. The number of aromatic nitrogens is 1. The number of rotatable bonds is 4. The molecule has 1 aromatic heterocycles. The summed E-state index contributed by atoms with van der Waals surface area (Å²) in [4.78, 5) is 17.3. The number of thiazole rings is 1. The van der Waals surface area contributed by atoms with Gasteiger partial charge in [-0.2, -0.15) is 0 Å². The molecule has 0 unspecified atom stereocenters. The van der Waals surface area contributed by atoms with Crippen LogP contribution >= 0.6 is 22.9 Å². The highest BCUT2D eigenvalue weighted by atomic mass is 35.5. The number of fused-ring (bicyclic) bond motifs is 1. The van der Waals surface area contributed by atoms with Crippen LogP contribution in [-0.4, -0.2) is 18.0 Å². The number of carbonyl (C=O) groups is 1. The summed E-state index contributed by atoms with van der Waals surface area (Å²) in [6, 6.07) is 20.6. The van der Waals surface area contributed by atoms with Crippen molar-refractivity contribution in [1.82, 2.24) is 4.98 Å². The van der Waals surface area contributed by atoms with Gasteiger partial charge in [0, 0.05) is 16.3 Å². The van der Waals surface area contributed by atoms with Gasteiger partial charge in [-0.3, -0.25) is 4.79 Å². The Bertz CT molecular complexity index is 1110. The van der Waals surface area contributed by atoms with E-state index in [1.165, 1.54) is 7.11 Å². The van der Waals surface area contributed by atoms with E-state index in [9.17, 15) is 4.79 Å². The van der Waals surface area contributed by atoms with Crippen molar-refractivity contribution >= 4 is 44.7 Å². The molecule has 1 heterocycles. The van der Waals surface area contributed by atoms with Gasteiger partial charge < -0.3 is 10.1 Å². The third-order valence-corrected chi connectivity index (χ3v) is 5.39. The molecule has 0 saturated heterocycles. The Morgan fingerprint density at radius 2 is 1.93 bits per heavy atom. The Labute approximate surface area is 165 Å². The Balaban J connectivity index is 1.63. The number of para-hydroxylation sites is 1. The van der Waals surface area contributed by atoms with Crippen molar-refractivity contribution in [2.75, 3.05) is 12.4 Å². The van der Waals surface area contributed by atoms with Crippen LogP contribution in [-0.2, 0) is 0 Å². The number of anilines is 1. The summed E-state index contributed by atoms with van der Waals surface area (Å²) in [6.45, 7) is 0. The molecule has 0 radical (unpaired) electrons. The number of nitrogens with zero attached hydrogens (tertiary/aromatic N) is 1. The van der Waals surface area contributed by atoms with Crippen molar-refractivity contribution in [2.45, 2.75) is 0 Å². The smallest absolute Gasteiger partial charge is 0.259 e. The summed E-state index contributed by atoms with van der Waals surface area (Å²) in [5, 5.41) is 4.29. The fraction of sp³-hybridized carbons (Fsp3) is 0.0476. The minimum atomic E-state index is -0.282. The number of carbonyl (C=O) groups excluding carboxylic acids is 1. The first-order valence-electron chi connectivity index (χ1n) is 8.25. The van der Waals surface area contributed by atoms with Gasteiger partial charge in [0.05, 0.1) is 22.9 Å². The number of amides is 1. The number of hydrogen-bond donors (Lipinski definition) is 1. The Morgan fingerprint density at radius 3 is 2.74 bits per heavy atom. The fourth-order valence-electron chi connectivity index (χ4n) is 2.78. The predicted octanol–water partition coefficient (Wildman–Crippen LogP) is 5.88. The summed E-state index contributed by atoms with van der Waals surface area (Å²) >= 11 is 7.64. The first-order chi connectivity index (χ1) is 13.1. The van der Waals surface area contributed by atoms with E-state index in [1.807, 2.05) is 48.5 Å². The molecule has 0 bridgehead atoms. The number of ether oxygens (including phenoxy) is 1. The van der Waals surface area contributed by atoms with Crippen LogP contribution in [0.2, 0.25) is 5.02 Å². The SMILES string of the molecule is COc1ccc(Cl)cc1C(=O)Nc1cccc(-c2nc3ccccc3s2)c1. The lowest BCUT2D eigenvalue weighted by Crippen LogP contribution is -2.13. The summed E-state index contributed by atoms with van der Waals surface area (Å²) in [5.74, 6) is 0.190. The predicted molar refractivity (Wildman–Crippen MR) is 111 cm³/mol. The average Bonchev–Trinajstić information content (AvgIpc) is 3.12. The van der Waals surface area contributed by atoms with Crippen LogP contribution in [0.5, 0.6) is 5.75 Å². The van der Waals surface area contributed by atoms with Gasteiger partial charge in [0.2, 0.25) is 0 Å². The highest BCUT2D eigenvalue weighted by Gasteiger charge is 2.14. The Kier molecular flexibility index (Phi) is 4.79. The van der Waals surface area contributed by atoms with Crippen LogP contribution in [0.25, 0.3) is 20.8 Å². The normalized spacial score (nSPS) is 10.7. The zero-order valence-corrected chi connectivity index (χ0v) is 16.0. The standard InChI is InChI=1S/C21H15ClN2O2S/c1-26-18-10-9-14(22)12-16(18)20(25)23-15-6-4-5-13(11-15)21-24-17-7-2-3-8-19(17)27-21/h2-12H,1H3,(H,23,25). The quantitative estimate of drug-likeness (QED) is 0.470. The molecular weight excluding hydrogens is 380 g/mol. The lowest BCUT2D eigenvalue weighted by atomic mass is 10.1. The minimum absolute atomic E-state index is 0.282. The van der Waals surface area contributed by atoms with Crippen molar-refractivity contribution in [3.05, 3.63) is 77.3 Å². The van der Waals surface area contributed by atoms with E-state index in [-0.39, 0.29) is 5.91 Å². The number of benzene rings is 3. The number of nitrogens with one attached hydrogen (secondary N) is 1. The van der Waals surface area contributed by atoms with Crippen LogP contribution in [0, 0.1) is 0 Å². The molecule has 1 amide bonds. The molecule has 27 heavy (non-hydrogen) atoms. The van der Waals surface area contributed by atoms with Gasteiger partial charge in [-0.05, 0) is 42.5 Å². The van der Waals surface area contributed by atoms with Crippen molar-refractivity contribution < 1.29 is 9.53 Å². The average molecular weight is 395 g/mol. The van der Waals surface area contributed by atoms with Crippen molar-refractivity contribution in [2.24, 2.45) is 0 Å². The number of halogens is 1. The lowest BCUT2D eigenvalue weighted by Gasteiger charge is -2.10. The molecule has 4 rings (SSSR count). The van der Waals surface area contributed by atoms with E-state index in [1.54, 1.807) is 29.5 Å². The van der Waals surface area contributed by atoms with E-state index in [4.69, 9.17) is 16.3 Å². The second-order valence-electron chi connectivity index (χ2n) is 5.87. The number of hydrogen-bond acceptors (Lipinski definition) is 4. The van der Waals surface area contributed by atoms with Gasteiger partial charge in [0.1, 0.15) is 10.8 Å². The van der Waals surface area contributed by atoms with Crippen LogP contribution in [0.15, 0.2) is 66.7 Å². The third-order valence-electron chi connectivity index (χ3n) is 4.07. The summed E-state index contributed by atoms with van der Waals surface area (Å²) in [5.41, 5.74) is 2.98. The molecule has 0 saturated carbocycles. The summed E-state index contributed by atoms with van der Waals surface area (Å²) in [6.07, 6.45) is 0. The van der Waals surface area contributed by atoms with Gasteiger partial charge in [-0.15, -0.1) is 11.3 Å². The van der Waals surface area contributed by atoms with E-state index in [0.717, 1.165) is 20.8 Å². The zero-order chi connectivity index (χ0) is 18.8. The molecule has 0 aliphatic rings. The van der Waals surface area contributed by atoms with Gasteiger partial charge >= 0.3 is 0 Å². The molecule has 0 spiro atoms. The van der Waals surface area contributed by atoms with Gasteiger partial charge in [0.15, 0.2) is 0 Å². The summed E-state index contributed by atoms with van der Waals surface area (Å²) < 4.78 is 6.39. The van der Waals surface area contributed by atoms with Crippen LogP contribution < -0.4 is 10.1 Å². The second kappa shape index (κ2) is 7.39. The highest BCUT2D eigenvalue weighted by Crippen LogP contribution is 2.31. The molecule has 0 fully saturated rings. The third kappa shape index (κ3) is 3.65. The largest absolute Gasteiger partial charge is 0.496 e.